The lowest BCUT2D eigenvalue weighted by Gasteiger charge is -2.32. The molecule has 0 bridgehead atoms. The molecule has 3 amide bonds. The minimum atomic E-state index is -0.200. The van der Waals surface area contributed by atoms with Crippen LogP contribution in [-0.2, 0) is 14.4 Å². The first-order valence-corrected chi connectivity index (χ1v) is 8.37. The van der Waals surface area contributed by atoms with E-state index in [-0.39, 0.29) is 17.7 Å². The first kappa shape index (κ1) is 15.3. The molecule has 2 heterocycles. The molecule has 5 heteroatoms. The molecule has 1 saturated heterocycles. The van der Waals surface area contributed by atoms with Crippen LogP contribution in [0.25, 0.3) is 0 Å². The molecule has 2 aliphatic heterocycles. The van der Waals surface area contributed by atoms with Gasteiger partial charge in [0.15, 0.2) is 0 Å². The molecule has 0 radical (unpaired) electrons. The van der Waals surface area contributed by atoms with Crippen LogP contribution in [0, 0.1) is 17.8 Å². The monoisotopic (exact) mass is 304 g/mol. The van der Waals surface area contributed by atoms with Crippen molar-refractivity contribution in [1.82, 2.24) is 9.80 Å². The molecule has 22 heavy (non-hydrogen) atoms. The molecule has 0 N–H and O–H groups in total. The van der Waals surface area contributed by atoms with Gasteiger partial charge >= 0.3 is 0 Å². The first-order chi connectivity index (χ1) is 10.5. The van der Waals surface area contributed by atoms with Gasteiger partial charge in [-0.15, -0.1) is 0 Å². The number of rotatable bonds is 3. The van der Waals surface area contributed by atoms with E-state index in [1.54, 1.807) is 0 Å². The highest BCUT2D eigenvalue weighted by molar-refractivity contribution is 6.12. The Kier molecular flexibility index (Phi) is 4.32. The third kappa shape index (κ3) is 3.08. The summed E-state index contributed by atoms with van der Waals surface area (Å²) in [7, 11) is 0. The van der Waals surface area contributed by atoms with Crippen LogP contribution in [0.2, 0.25) is 0 Å². The molecule has 3 aliphatic rings. The van der Waals surface area contributed by atoms with Crippen molar-refractivity contribution >= 4 is 17.7 Å². The lowest BCUT2D eigenvalue weighted by atomic mass is 9.81. The molecule has 3 rings (SSSR count). The highest BCUT2D eigenvalue weighted by atomic mass is 16.2. The molecule has 0 aromatic carbocycles. The molecular formula is C17H24N2O3. The maximum atomic E-state index is 12.5. The van der Waals surface area contributed by atoms with Crippen LogP contribution in [-0.4, -0.2) is 47.2 Å². The van der Waals surface area contributed by atoms with Gasteiger partial charge in [-0.2, -0.15) is 0 Å². The fourth-order valence-electron chi connectivity index (χ4n) is 3.85. The maximum Gasteiger partial charge on any atom is 0.253 e. The average Bonchev–Trinajstić information content (AvgIpc) is 3.08. The Morgan fingerprint density at radius 2 is 1.73 bits per heavy atom. The molecule has 1 atom stereocenters. The number of nitrogens with zero attached hydrogens (tertiary/aromatic N) is 2. The summed E-state index contributed by atoms with van der Waals surface area (Å²) in [5, 5.41) is 0. The van der Waals surface area contributed by atoms with Crippen LogP contribution in [0.1, 0.15) is 39.0 Å². The van der Waals surface area contributed by atoms with Crippen molar-refractivity contribution in [2.45, 2.75) is 39.0 Å². The molecule has 5 nitrogen and oxygen atoms in total. The fourth-order valence-corrected chi connectivity index (χ4v) is 3.85. The highest BCUT2D eigenvalue weighted by Crippen LogP contribution is 2.32. The van der Waals surface area contributed by atoms with E-state index in [4.69, 9.17) is 0 Å². The van der Waals surface area contributed by atoms with Crippen molar-refractivity contribution in [3.8, 4) is 0 Å². The van der Waals surface area contributed by atoms with Crippen molar-refractivity contribution in [2.24, 2.45) is 17.8 Å². The number of hydrogen-bond acceptors (Lipinski definition) is 3. The van der Waals surface area contributed by atoms with Gasteiger partial charge < -0.3 is 4.90 Å². The summed E-state index contributed by atoms with van der Waals surface area (Å²) in [6.45, 7) is 4.51. The zero-order valence-electron chi connectivity index (χ0n) is 13.2. The maximum absolute atomic E-state index is 12.5. The molecule has 0 aromatic heterocycles. The van der Waals surface area contributed by atoms with Crippen LogP contribution < -0.4 is 0 Å². The van der Waals surface area contributed by atoms with Gasteiger partial charge in [-0.05, 0) is 43.9 Å². The Morgan fingerprint density at radius 3 is 2.27 bits per heavy atom. The summed E-state index contributed by atoms with van der Waals surface area (Å²) in [6, 6.07) is 0. The molecule has 120 valence electrons. The zero-order valence-corrected chi connectivity index (χ0v) is 13.2. The number of hydrogen-bond donors (Lipinski definition) is 0. The van der Waals surface area contributed by atoms with Crippen molar-refractivity contribution < 1.29 is 14.4 Å². The SMILES string of the molecule is C[C@H]1CCN(C(=O)C2CCC(CN3C(=O)C=CC3=O)CC2)C1. The van der Waals surface area contributed by atoms with Crippen LogP contribution in [0.3, 0.4) is 0 Å². The third-order valence-corrected chi connectivity index (χ3v) is 5.27. The average molecular weight is 304 g/mol. The largest absolute Gasteiger partial charge is 0.342 e. The van der Waals surface area contributed by atoms with Gasteiger partial charge in [0.25, 0.3) is 11.8 Å². The van der Waals surface area contributed by atoms with Crippen molar-refractivity contribution in [3.63, 3.8) is 0 Å². The zero-order chi connectivity index (χ0) is 15.7. The predicted octanol–water partition coefficient (Wildman–Crippen LogP) is 1.59. The van der Waals surface area contributed by atoms with Crippen molar-refractivity contribution in [1.29, 1.82) is 0 Å². The first-order valence-electron chi connectivity index (χ1n) is 8.37. The van der Waals surface area contributed by atoms with Gasteiger partial charge in [-0.25, -0.2) is 0 Å². The summed E-state index contributed by atoms with van der Waals surface area (Å²) < 4.78 is 0. The van der Waals surface area contributed by atoms with E-state index < -0.39 is 0 Å². The minimum Gasteiger partial charge on any atom is -0.342 e. The van der Waals surface area contributed by atoms with Crippen LogP contribution in [0.15, 0.2) is 12.2 Å². The number of likely N-dealkylation sites (tertiary alicyclic amines) is 1. The fraction of sp³-hybridized carbons (Fsp3) is 0.706. The number of imide groups is 1. The Morgan fingerprint density at radius 1 is 1.09 bits per heavy atom. The molecule has 1 saturated carbocycles. The molecular weight excluding hydrogens is 280 g/mol. The smallest absolute Gasteiger partial charge is 0.253 e. The van der Waals surface area contributed by atoms with E-state index in [1.807, 2.05) is 4.90 Å². The van der Waals surface area contributed by atoms with E-state index in [9.17, 15) is 14.4 Å². The van der Waals surface area contributed by atoms with Gasteiger partial charge in [0.05, 0.1) is 0 Å². The van der Waals surface area contributed by atoms with Crippen LogP contribution in [0.4, 0.5) is 0 Å². The summed E-state index contributed by atoms with van der Waals surface area (Å²) in [5.74, 6) is 1.03. The molecule has 1 aliphatic carbocycles. The van der Waals surface area contributed by atoms with E-state index >= 15 is 0 Å². The highest BCUT2D eigenvalue weighted by Gasteiger charge is 2.34. The topological polar surface area (TPSA) is 57.7 Å². The Labute approximate surface area is 131 Å². The predicted molar refractivity (Wildman–Crippen MR) is 81.7 cm³/mol. The van der Waals surface area contributed by atoms with E-state index in [2.05, 4.69) is 6.92 Å². The molecule has 0 spiro atoms. The van der Waals surface area contributed by atoms with E-state index in [1.165, 1.54) is 17.1 Å². The van der Waals surface area contributed by atoms with Gasteiger partial charge in [-0.3, -0.25) is 19.3 Å². The van der Waals surface area contributed by atoms with Crippen LogP contribution >= 0.6 is 0 Å². The summed E-state index contributed by atoms with van der Waals surface area (Å²) >= 11 is 0. The quantitative estimate of drug-likeness (QED) is 0.744. The summed E-state index contributed by atoms with van der Waals surface area (Å²) in [6.07, 6.45) is 7.43. The molecule has 0 aromatic rings. The second kappa shape index (κ2) is 6.23. The number of carbonyl (C=O) groups is 3. The van der Waals surface area contributed by atoms with E-state index in [0.717, 1.165) is 45.2 Å². The lowest BCUT2D eigenvalue weighted by molar-refractivity contribution is -0.139. The molecule has 2 fully saturated rings. The van der Waals surface area contributed by atoms with Gasteiger partial charge in [-0.1, -0.05) is 6.92 Å². The summed E-state index contributed by atoms with van der Waals surface area (Å²) in [4.78, 5) is 39.0. The molecule has 0 unspecified atom stereocenters. The van der Waals surface area contributed by atoms with Crippen LogP contribution in [0.5, 0.6) is 0 Å². The van der Waals surface area contributed by atoms with E-state index in [0.29, 0.717) is 24.3 Å². The van der Waals surface area contributed by atoms with Crippen molar-refractivity contribution in [2.75, 3.05) is 19.6 Å². The Hall–Kier alpha value is -1.65. The number of amides is 3. The number of carbonyl (C=O) groups excluding carboxylic acids is 3. The summed E-state index contributed by atoms with van der Waals surface area (Å²) in [5.41, 5.74) is 0. The van der Waals surface area contributed by atoms with Gasteiger partial charge in [0.1, 0.15) is 0 Å². The second-order valence-corrected chi connectivity index (χ2v) is 7.02. The Balaban J connectivity index is 1.47. The second-order valence-electron chi connectivity index (χ2n) is 7.02. The normalized spacial score (nSPS) is 32.1. The van der Waals surface area contributed by atoms with Gasteiger partial charge in [0.2, 0.25) is 5.91 Å². The van der Waals surface area contributed by atoms with Crippen molar-refractivity contribution in [3.05, 3.63) is 12.2 Å². The Bertz CT molecular complexity index is 488. The lowest BCUT2D eigenvalue weighted by Crippen LogP contribution is -2.39. The standard InChI is InChI=1S/C17H24N2O3/c1-12-8-9-18(10-12)17(22)14-4-2-13(3-5-14)11-19-15(20)6-7-16(19)21/h6-7,12-14H,2-5,8-11H2,1H3/t12-,13?,14?/m0/s1. The third-order valence-electron chi connectivity index (χ3n) is 5.27. The minimum absolute atomic E-state index is 0.143. The van der Waals surface area contributed by atoms with Gasteiger partial charge in [0, 0.05) is 37.7 Å².